The number of aromatic amines is 1. The topological polar surface area (TPSA) is 74.6 Å². The van der Waals surface area contributed by atoms with Crippen molar-refractivity contribution in [3.05, 3.63) is 57.6 Å². The van der Waals surface area contributed by atoms with E-state index in [0.717, 1.165) is 92.0 Å². The Morgan fingerprint density at radius 3 is 2.71 bits per heavy atom. The van der Waals surface area contributed by atoms with Crippen molar-refractivity contribution in [1.82, 2.24) is 19.9 Å². The molecule has 1 aliphatic carbocycles. The molecule has 1 saturated heterocycles. The van der Waals surface area contributed by atoms with Crippen molar-refractivity contribution in [3.8, 4) is 5.75 Å². The van der Waals surface area contributed by atoms with Crippen LogP contribution >= 0.6 is 0 Å². The molecule has 3 aromatic rings. The van der Waals surface area contributed by atoms with Crippen LogP contribution < -0.4 is 10.3 Å². The number of aromatic nitrogens is 2. The third-order valence-corrected chi connectivity index (χ3v) is 7.21. The summed E-state index contributed by atoms with van der Waals surface area (Å²) in [6.07, 6.45) is 8.61. The lowest BCUT2D eigenvalue weighted by atomic mass is 9.91. The van der Waals surface area contributed by atoms with Crippen molar-refractivity contribution >= 4 is 11.0 Å². The summed E-state index contributed by atoms with van der Waals surface area (Å²) in [5, 5.41) is 5.60. The molecule has 2 aliphatic rings. The summed E-state index contributed by atoms with van der Waals surface area (Å²) < 4.78 is 12.0. The van der Waals surface area contributed by atoms with Gasteiger partial charge in [-0.3, -0.25) is 9.69 Å². The predicted molar refractivity (Wildman–Crippen MR) is 133 cm³/mol. The minimum atomic E-state index is 0.0252. The van der Waals surface area contributed by atoms with Crippen LogP contribution in [-0.2, 0) is 19.5 Å². The highest BCUT2D eigenvalue weighted by atomic mass is 16.5. The lowest BCUT2D eigenvalue weighted by Gasteiger charge is -2.31. The number of benzene rings is 1. The summed E-state index contributed by atoms with van der Waals surface area (Å²) in [4.78, 5) is 19.3. The van der Waals surface area contributed by atoms with Crippen LogP contribution in [0, 0.1) is 11.8 Å². The predicted octanol–water partition coefficient (Wildman–Crippen LogP) is 4.21. The van der Waals surface area contributed by atoms with Crippen LogP contribution in [0.4, 0.5) is 0 Å². The Kier molecular flexibility index (Phi) is 7.02. The van der Waals surface area contributed by atoms with Gasteiger partial charge in [-0.2, -0.15) is 0 Å². The number of pyridine rings is 1. The Labute approximate surface area is 201 Å². The highest BCUT2D eigenvalue weighted by Crippen LogP contribution is 2.35. The van der Waals surface area contributed by atoms with E-state index in [2.05, 4.69) is 46.2 Å². The van der Waals surface area contributed by atoms with E-state index in [0.29, 0.717) is 11.8 Å². The summed E-state index contributed by atoms with van der Waals surface area (Å²) in [5.74, 6) is 2.33. The molecule has 0 unspecified atom stereocenters. The highest BCUT2D eigenvalue weighted by molar-refractivity contribution is 5.84. The van der Waals surface area contributed by atoms with Crippen LogP contribution in [0.3, 0.4) is 0 Å². The second-order valence-corrected chi connectivity index (χ2v) is 10.3. The number of piperidine rings is 1. The molecule has 182 valence electrons. The van der Waals surface area contributed by atoms with E-state index in [1.54, 1.807) is 6.20 Å². The summed E-state index contributed by atoms with van der Waals surface area (Å²) in [6, 6.07) is 8.06. The smallest absolute Gasteiger partial charge is 0.252 e. The number of ether oxygens (including phenoxy) is 1. The first-order chi connectivity index (χ1) is 16.6. The van der Waals surface area contributed by atoms with Gasteiger partial charge in [0.15, 0.2) is 5.58 Å². The molecule has 0 bridgehead atoms. The van der Waals surface area contributed by atoms with Crippen molar-refractivity contribution in [2.24, 2.45) is 11.8 Å². The molecular formula is C27H36N4O3. The molecule has 3 heterocycles. The van der Waals surface area contributed by atoms with Crippen LogP contribution in [0.2, 0.25) is 0 Å². The second kappa shape index (κ2) is 10.3. The van der Waals surface area contributed by atoms with Gasteiger partial charge >= 0.3 is 0 Å². The number of nitrogens with zero attached hydrogens (tertiary/aromatic N) is 3. The fraction of sp³-hybridized carbons (Fsp3) is 0.556. The normalized spacial score (nSPS) is 17.6. The molecule has 1 aromatic carbocycles. The van der Waals surface area contributed by atoms with Crippen molar-refractivity contribution in [1.29, 1.82) is 0 Å². The van der Waals surface area contributed by atoms with Crippen LogP contribution in [0.25, 0.3) is 11.0 Å². The number of hydrogen-bond acceptors (Lipinski definition) is 6. The van der Waals surface area contributed by atoms with E-state index in [1.165, 1.54) is 12.8 Å². The lowest BCUT2D eigenvalue weighted by Crippen LogP contribution is -2.35. The number of rotatable bonds is 10. The van der Waals surface area contributed by atoms with Gasteiger partial charge in [-0.15, -0.1) is 0 Å². The number of nitrogens with one attached hydrogen (secondary N) is 1. The van der Waals surface area contributed by atoms with Crippen molar-refractivity contribution < 1.29 is 9.26 Å². The Hall–Kier alpha value is -2.64. The maximum atomic E-state index is 12.0. The molecular weight excluding hydrogens is 428 g/mol. The summed E-state index contributed by atoms with van der Waals surface area (Å²) in [6.45, 7) is 4.37. The Morgan fingerprint density at radius 2 is 1.97 bits per heavy atom. The minimum Gasteiger partial charge on any atom is -0.493 e. The minimum absolute atomic E-state index is 0.0252. The number of hydrogen-bond donors (Lipinski definition) is 1. The van der Waals surface area contributed by atoms with Crippen molar-refractivity contribution in [2.45, 2.75) is 51.6 Å². The fourth-order valence-electron chi connectivity index (χ4n) is 4.96. The molecule has 0 atom stereocenters. The Bertz CT molecular complexity index is 1160. The molecule has 1 saturated carbocycles. The van der Waals surface area contributed by atoms with E-state index in [-0.39, 0.29) is 5.56 Å². The largest absolute Gasteiger partial charge is 0.493 e. The van der Waals surface area contributed by atoms with E-state index in [9.17, 15) is 4.79 Å². The summed E-state index contributed by atoms with van der Waals surface area (Å²) >= 11 is 0. The Balaban J connectivity index is 1.20. The zero-order chi connectivity index (χ0) is 23.5. The van der Waals surface area contributed by atoms with E-state index in [1.807, 2.05) is 12.1 Å². The molecule has 7 nitrogen and oxygen atoms in total. The van der Waals surface area contributed by atoms with Crippen LogP contribution in [0.15, 0.2) is 39.8 Å². The van der Waals surface area contributed by atoms with E-state index >= 15 is 0 Å². The Morgan fingerprint density at radius 1 is 1.15 bits per heavy atom. The van der Waals surface area contributed by atoms with Gasteiger partial charge in [0.2, 0.25) is 0 Å². The zero-order valence-corrected chi connectivity index (χ0v) is 20.4. The van der Waals surface area contributed by atoms with Gasteiger partial charge in [-0.25, -0.2) is 0 Å². The molecule has 7 heteroatoms. The van der Waals surface area contributed by atoms with Crippen LogP contribution in [0.5, 0.6) is 5.75 Å². The third-order valence-electron chi connectivity index (χ3n) is 7.21. The van der Waals surface area contributed by atoms with Crippen LogP contribution in [-0.4, -0.2) is 53.7 Å². The van der Waals surface area contributed by atoms with Gasteiger partial charge in [0.25, 0.3) is 5.56 Å². The van der Waals surface area contributed by atoms with E-state index in [4.69, 9.17) is 9.26 Å². The molecule has 0 amide bonds. The summed E-state index contributed by atoms with van der Waals surface area (Å²) in [7, 11) is 4.14. The molecule has 2 aromatic heterocycles. The van der Waals surface area contributed by atoms with Gasteiger partial charge in [0.1, 0.15) is 5.75 Å². The average molecular weight is 465 g/mol. The molecule has 1 N–H and O–H groups in total. The molecule has 0 radical (unpaired) electrons. The summed E-state index contributed by atoms with van der Waals surface area (Å²) in [5.41, 5.74) is 3.91. The van der Waals surface area contributed by atoms with Gasteiger partial charge < -0.3 is 19.1 Å². The quantitative estimate of drug-likeness (QED) is 0.484. The molecule has 34 heavy (non-hydrogen) atoms. The molecule has 0 spiro atoms. The van der Waals surface area contributed by atoms with Gasteiger partial charge in [0.05, 0.1) is 17.9 Å². The number of fused-ring (bicyclic) bond motifs is 1. The molecule has 1 aliphatic heterocycles. The monoisotopic (exact) mass is 464 g/mol. The van der Waals surface area contributed by atoms with Crippen LogP contribution in [0.1, 0.15) is 48.9 Å². The number of H-pyrrole nitrogens is 1. The molecule has 5 rings (SSSR count). The zero-order valence-electron chi connectivity index (χ0n) is 20.4. The third kappa shape index (κ3) is 5.53. The first-order valence-corrected chi connectivity index (χ1v) is 12.6. The van der Waals surface area contributed by atoms with Gasteiger partial charge in [-0.05, 0) is 95.7 Å². The first-order valence-electron chi connectivity index (χ1n) is 12.6. The van der Waals surface area contributed by atoms with E-state index < -0.39 is 0 Å². The first kappa shape index (κ1) is 23.1. The maximum absolute atomic E-state index is 12.0. The second-order valence-electron chi connectivity index (χ2n) is 10.3. The highest BCUT2D eigenvalue weighted by Gasteiger charge is 2.25. The lowest BCUT2D eigenvalue weighted by molar-refractivity contribution is 0.171. The number of likely N-dealkylation sites (tertiary alicyclic amines) is 1. The average Bonchev–Trinajstić information content (AvgIpc) is 3.57. The fourth-order valence-corrected chi connectivity index (χ4v) is 4.96. The van der Waals surface area contributed by atoms with Crippen molar-refractivity contribution in [2.75, 3.05) is 33.8 Å². The number of aryl methyl sites for hydroxylation is 1. The van der Waals surface area contributed by atoms with Crippen molar-refractivity contribution in [3.63, 3.8) is 0 Å². The standard InChI is InChI=1S/C27H36N4O3/c1-30(2)17-23-25(33-18-20-5-6-20)10-8-22-24(29-34-26(22)23)9-7-19-11-14-31(15-12-19)16-21-4-3-13-28-27(21)32/h3-4,8,10,13,19-20H,5-7,9,11-12,14-18H2,1-2H3,(H,28,32). The molecule has 2 fully saturated rings. The van der Waals surface area contributed by atoms with Gasteiger partial charge in [0, 0.05) is 30.2 Å². The SMILES string of the molecule is CN(C)Cc1c(OCC2CC2)ccc2c(CCC3CCN(Cc4ccc[nH]c4=O)CC3)noc12. The maximum Gasteiger partial charge on any atom is 0.252 e. The van der Waals surface area contributed by atoms with Gasteiger partial charge in [-0.1, -0.05) is 11.2 Å².